The maximum absolute atomic E-state index is 11.0. The number of benzene rings is 1. The van der Waals surface area contributed by atoms with E-state index >= 15 is 0 Å². The Balaban J connectivity index is 2.09. The Hall–Kier alpha value is -1.70. The van der Waals surface area contributed by atoms with Gasteiger partial charge in [0.05, 0.1) is 11.1 Å². The smallest absolute Gasteiger partial charge is 0.339 e. The largest absolute Gasteiger partial charge is 0.454 e. The molecule has 6 nitrogen and oxygen atoms in total. The molecule has 8 heteroatoms. The fourth-order valence-electron chi connectivity index (χ4n) is 2.05. The second-order valence-electron chi connectivity index (χ2n) is 4.34. The number of thiophene rings is 1. The van der Waals surface area contributed by atoms with Gasteiger partial charge in [-0.25, -0.2) is 4.79 Å². The second kappa shape index (κ2) is 4.69. The van der Waals surface area contributed by atoms with E-state index in [0.717, 1.165) is 10.1 Å². The summed E-state index contributed by atoms with van der Waals surface area (Å²) >= 11 is 7.69. The van der Waals surface area contributed by atoms with Gasteiger partial charge in [-0.3, -0.25) is 5.21 Å². The first-order chi connectivity index (χ1) is 9.49. The molecule has 3 N–H and O–H groups in total. The molecule has 1 aromatic carbocycles. The van der Waals surface area contributed by atoms with Crippen molar-refractivity contribution < 1.29 is 19.5 Å². The minimum absolute atomic E-state index is 0.194. The van der Waals surface area contributed by atoms with Crippen LogP contribution in [0.25, 0.3) is 10.1 Å². The van der Waals surface area contributed by atoms with Crippen molar-refractivity contribution in [2.45, 2.75) is 13.0 Å². The molecule has 3 rings (SSSR count). The Morgan fingerprint density at radius 2 is 2.15 bits per heavy atom. The van der Waals surface area contributed by atoms with Crippen molar-refractivity contribution in [2.24, 2.45) is 5.73 Å². The predicted octanol–water partition coefficient (Wildman–Crippen LogP) is 3.11. The monoisotopic (exact) mass is 314 g/mol. The number of fused-ring (bicyclic) bond motifs is 2. The van der Waals surface area contributed by atoms with Gasteiger partial charge in [0.15, 0.2) is 11.5 Å². The average molecular weight is 315 g/mol. The second-order valence-corrected chi connectivity index (χ2v) is 5.80. The van der Waals surface area contributed by atoms with Crippen LogP contribution in [0, 0.1) is 0 Å². The molecule has 1 atom stereocenters. The molecule has 0 radical (unpaired) electrons. The number of urea groups is 1. The van der Waals surface area contributed by atoms with E-state index in [0.29, 0.717) is 26.5 Å². The molecule has 0 aliphatic carbocycles. The average Bonchev–Trinajstić information content (AvgIpc) is 2.99. The van der Waals surface area contributed by atoms with Crippen LogP contribution in [0.4, 0.5) is 4.79 Å². The highest BCUT2D eigenvalue weighted by Crippen LogP contribution is 2.45. The first-order valence-electron chi connectivity index (χ1n) is 5.78. The number of carbonyl (C=O) groups excluding carboxylic acids is 1. The standard InChI is InChI=1S/C12H11ClN2O4S/c1-5(15(17)12(14)16)11-10(13)6-2-7-8(19-4-18-7)3-9(6)20-11/h2-3,5,17H,4H2,1H3,(H2,14,16). The first-order valence-corrected chi connectivity index (χ1v) is 6.97. The van der Waals surface area contributed by atoms with Gasteiger partial charge in [-0.1, -0.05) is 11.6 Å². The van der Waals surface area contributed by atoms with E-state index in [1.807, 2.05) is 6.07 Å². The van der Waals surface area contributed by atoms with Gasteiger partial charge in [0.25, 0.3) is 0 Å². The number of rotatable bonds is 2. The zero-order chi connectivity index (χ0) is 14.4. The van der Waals surface area contributed by atoms with Gasteiger partial charge < -0.3 is 15.2 Å². The maximum Gasteiger partial charge on any atom is 0.339 e. The van der Waals surface area contributed by atoms with Crippen LogP contribution in [0.1, 0.15) is 17.8 Å². The third-order valence-corrected chi connectivity index (χ3v) is 4.96. The van der Waals surface area contributed by atoms with E-state index in [1.165, 1.54) is 11.3 Å². The summed E-state index contributed by atoms with van der Waals surface area (Å²) in [6.07, 6.45) is 0. The van der Waals surface area contributed by atoms with E-state index in [-0.39, 0.29) is 6.79 Å². The molecule has 2 aromatic rings. The Labute approximate surface area is 123 Å². The molecule has 1 aromatic heterocycles. The van der Waals surface area contributed by atoms with Crippen molar-refractivity contribution in [1.82, 2.24) is 5.06 Å². The van der Waals surface area contributed by atoms with Crippen molar-refractivity contribution in [2.75, 3.05) is 6.79 Å². The summed E-state index contributed by atoms with van der Waals surface area (Å²) in [7, 11) is 0. The zero-order valence-electron chi connectivity index (χ0n) is 10.4. The number of nitrogens with two attached hydrogens (primary N) is 1. The van der Waals surface area contributed by atoms with Crippen molar-refractivity contribution >= 4 is 39.1 Å². The molecule has 1 unspecified atom stereocenters. The molecule has 1 aliphatic rings. The number of carbonyl (C=O) groups is 1. The van der Waals surface area contributed by atoms with Crippen LogP contribution in [0.3, 0.4) is 0 Å². The van der Waals surface area contributed by atoms with Crippen molar-refractivity contribution in [3.05, 3.63) is 22.0 Å². The zero-order valence-corrected chi connectivity index (χ0v) is 12.0. The SMILES string of the molecule is CC(c1sc2cc3c(cc2c1Cl)OCO3)N(O)C(N)=O. The number of hydrogen-bond acceptors (Lipinski definition) is 5. The summed E-state index contributed by atoms with van der Waals surface area (Å²) in [5.74, 6) is 1.29. The summed E-state index contributed by atoms with van der Waals surface area (Å²) in [6, 6.07) is 2.06. The highest BCUT2D eigenvalue weighted by molar-refractivity contribution is 7.19. The third kappa shape index (κ3) is 1.94. The number of hydroxylamine groups is 2. The van der Waals surface area contributed by atoms with Gasteiger partial charge in [0.1, 0.15) is 0 Å². The van der Waals surface area contributed by atoms with Crippen molar-refractivity contribution in [1.29, 1.82) is 0 Å². The third-order valence-electron chi connectivity index (χ3n) is 3.12. The van der Waals surface area contributed by atoms with Gasteiger partial charge in [-0.05, 0) is 13.0 Å². The summed E-state index contributed by atoms with van der Waals surface area (Å²) in [6.45, 7) is 1.83. The number of ether oxygens (including phenoxy) is 2. The molecule has 0 saturated carbocycles. The van der Waals surface area contributed by atoms with Gasteiger partial charge in [-0.2, -0.15) is 5.06 Å². The summed E-state index contributed by atoms with van der Waals surface area (Å²) in [5.41, 5.74) is 5.06. The molecule has 106 valence electrons. The van der Waals surface area contributed by atoms with Crippen LogP contribution in [-0.2, 0) is 0 Å². The Morgan fingerprint density at radius 1 is 1.50 bits per heavy atom. The van der Waals surface area contributed by atoms with Crippen LogP contribution >= 0.6 is 22.9 Å². The van der Waals surface area contributed by atoms with E-state index in [9.17, 15) is 10.0 Å². The normalized spacial score (nSPS) is 14.6. The Bertz CT molecular complexity index is 702. The van der Waals surface area contributed by atoms with Crippen LogP contribution in [0.15, 0.2) is 12.1 Å². The van der Waals surface area contributed by atoms with Crippen LogP contribution in [0.5, 0.6) is 11.5 Å². The molecular weight excluding hydrogens is 304 g/mol. The molecule has 2 amide bonds. The molecule has 0 spiro atoms. The minimum atomic E-state index is -0.930. The Kier molecular flexibility index (Phi) is 3.12. The fourth-order valence-corrected chi connectivity index (χ4v) is 3.68. The highest BCUT2D eigenvalue weighted by Gasteiger charge is 2.25. The van der Waals surface area contributed by atoms with Crippen LogP contribution < -0.4 is 15.2 Å². The molecule has 0 bridgehead atoms. The molecule has 1 aliphatic heterocycles. The topological polar surface area (TPSA) is 85.0 Å². The lowest BCUT2D eigenvalue weighted by molar-refractivity contribution is -0.0699. The van der Waals surface area contributed by atoms with Gasteiger partial charge >= 0.3 is 6.03 Å². The molecule has 0 saturated heterocycles. The number of amides is 2. The first kappa shape index (κ1) is 13.3. The molecule has 20 heavy (non-hydrogen) atoms. The summed E-state index contributed by atoms with van der Waals surface area (Å²) < 4.78 is 11.5. The fraction of sp³-hybridized carbons (Fsp3) is 0.250. The quantitative estimate of drug-likeness (QED) is 0.659. The van der Waals surface area contributed by atoms with Gasteiger partial charge in [0.2, 0.25) is 6.79 Å². The molecular formula is C12H11ClN2O4S. The van der Waals surface area contributed by atoms with E-state index in [4.69, 9.17) is 26.8 Å². The lowest BCUT2D eigenvalue weighted by Gasteiger charge is -2.19. The number of halogens is 1. The number of nitrogens with zero attached hydrogens (tertiary/aromatic N) is 1. The highest BCUT2D eigenvalue weighted by atomic mass is 35.5. The predicted molar refractivity (Wildman–Crippen MR) is 74.6 cm³/mol. The van der Waals surface area contributed by atoms with Crippen molar-refractivity contribution in [3.8, 4) is 11.5 Å². The summed E-state index contributed by atoms with van der Waals surface area (Å²) in [5, 5.41) is 11.3. The van der Waals surface area contributed by atoms with Gasteiger partial charge in [-0.15, -0.1) is 11.3 Å². The number of primary amides is 1. The Morgan fingerprint density at radius 3 is 2.80 bits per heavy atom. The minimum Gasteiger partial charge on any atom is -0.454 e. The molecule has 2 heterocycles. The molecule has 0 fully saturated rings. The summed E-state index contributed by atoms with van der Waals surface area (Å²) in [4.78, 5) is 11.7. The van der Waals surface area contributed by atoms with Gasteiger partial charge in [0, 0.05) is 21.0 Å². The van der Waals surface area contributed by atoms with Crippen LogP contribution in [0.2, 0.25) is 5.02 Å². The van der Waals surface area contributed by atoms with E-state index in [1.54, 1.807) is 13.0 Å². The lowest BCUT2D eigenvalue weighted by atomic mass is 10.2. The van der Waals surface area contributed by atoms with E-state index < -0.39 is 12.1 Å². The van der Waals surface area contributed by atoms with Crippen LogP contribution in [-0.4, -0.2) is 23.1 Å². The maximum atomic E-state index is 11.0. The van der Waals surface area contributed by atoms with E-state index in [2.05, 4.69) is 0 Å². The van der Waals surface area contributed by atoms with Crippen molar-refractivity contribution in [3.63, 3.8) is 0 Å². The number of hydrogen-bond donors (Lipinski definition) is 2. The lowest BCUT2D eigenvalue weighted by Crippen LogP contribution is -2.34.